The van der Waals surface area contributed by atoms with Crippen LogP contribution in [0.25, 0.3) is 0 Å². The van der Waals surface area contributed by atoms with Gasteiger partial charge >= 0.3 is 0 Å². The smallest absolute Gasteiger partial charge is 0.224 e. The van der Waals surface area contributed by atoms with Gasteiger partial charge in [-0.1, -0.05) is 36.4 Å². The highest BCUT2D eigenvalue weighted by Crippen LogP contribution is 2.17. The normalized spacial score (nSPS) is 10.3. The van der Waals surface area contributed by atoms with Crippen molar-refractivity contribution in [3.63, 3.8) is 0 Å². The summed E-state index contributed by atoms with van der Waals surface area (Å²) in [6.07, 6.45) is 0.990. The van der Waals surface area contributed by atoms with Crippen molar-refractivity contribution in [1.29, 1.82) is 0 Å². The van der Waals surface area contributed by atoms with E-state index in [4.69, 9.17) is 15.2 Å². The maximum absolute atomic E-state index is 12.1. The minimum Gasteiger partial charge on any atom is -0.490 e. The second-order valence-corrected chi connectivity index (χ2v) is 6.28. The van der Waals surface area contributed by atoms with Crippen molar-refractivity contribution in [2.45, 2.75) is 12.8 Å². The van der Waals surface area contributed by atoms with Crippen molar-refractivity contribution >= 4 is 17.3 Å². The van der Waals surface area contributed by atoms with Crippen molar-refractivity contribution in [2.24, 2.45) is 0 Å². The van der Waals surface area contributed by atoms with E-state index < -0.39 is 0 Å². The highest BCUT2D eigenvalue weighted by Gasteiger charge is 2.05. The molecule has 0 spiro atoms. The molecule has 3 rings (SSSR count). The number of ether oxygens (including phenoxy) is 2. The van der Waals surface area contributed by atoms with Crippen molar-refractivity contribution < 1.29 is 14.3 Å². The van der Waals surface area contributed by atoms with E-state index in [1.54, 1.807) is 0 Å². The molecule has 5 heteroatoms. The summed E-state index contributed by atoms with van der Waals surface area (Å²) in [5.41, 5.74) is 8.34. The molecule has 0 saturated heterocycles. The highest BCUT2D eigenvalue weighted by molar-refractivity contribution is 5.90. The molecule has 144 valence electrons. The van der Waals surface area contributed by atoms with Crippen molar-refractivity contribution in [3.8, 4) is 11.5 Å². The van der Waals surface area contributed by atoms with Crippen LogP contribution in [0.1, 0.15) is 12.0 Å². The van der Waals surface area contributed by atoms with Crippen LogP contribution in [-0.4, -0.2) is 19.1 Å². The number of nitrogens with two attached hydrogens (primary N) is 1. The fraction of sp³-hybridized carbons (Fsp3) is 0.174. The number of hydrogen-bond donors (Lipinski definition) is 2. The maximum atomic E-state index is 12.1. The molecular weight excluding hydrogens is 352 g/mol. The second-order valence-electron chi connectivity index (χ2n) is 6.28. The fourth-order valence-corrected chi connectivity index (χ4v) is 2.70. The number of rotatable bonds is 9. The molecule has 3 N–H and O–H groups in total. The van der Waals surface area contributed by atoms with Gasteiger partial charge in [0.15, 0.2) is 0 Å². The van der Waals surface area contributed by atoms with Gasteiger partial charge in [0.2, 0.25) is 5.91 Å². The zero-order valence-corrected chi connectivity index (χ0v) is 15.6. The van der Waals surface area contributed by atoms with Gasteiger partial charge in [0.05, 0.1) is 0 Å². The SMILES string of the molecule is Nc1ccccc1CCC(=O)Nc1ccc(OCCOc2ccccc2)cc1. The fourth-order valence-electron chi connectivity index (χ4n) is 2.70. The number of aryl methyl sites for hydroxylation is 1. The number of anilines is 2. The number of amides is 1. The largest absolute Gasteiger partial charge is 0.490 e. The topological polar surface area (TPSA) is 73.6 Å². The number of benzene rings is 3. The molecule has 3 aromatic rings. The van der Waals surface area contributed by atoms with Gasteiger partial charge in [-0.3, -0.25) is 4.79 Å². The lowest BCUT2D eigenvalue weighted by atomic mass is 10.1. The summed E-state index contributed by atoms with van der Waals surface area (Å²) in [6.45, 7) is 0.907. The molecule has 5 nitrogen and oxygen atoms in total. The van der Waals surface area contributed by atoms with E-state index in [-0.39, 0.29) is 5.91 Å². The third kappa shape index (κ3) is 6.06. The molecule has 0 aliphatic rings. The minimum absolute atomic E-state index is 0.0480. The summed E-state index contributed by atoms with van der Waals surface area (Å²) >= 11 is 0. The summed E-state index contributed by atoms with van der Waals surface area (Å²) < 4.78 is 11.2. The Morgan fingerprint density at radius 1 is 0.786 bits per heavy atom. The number of carbonyl (C=O) groups excluding carboxylic acids is 1. The van der Waals surface area contributed by atoms with Crippen LogP contribution in [0.5, 0.6) is 11.5 Å². The Kier molecular flexibility index (Phi) is 6.90. The molecule has 1 amide bonds. The Balaban J connectivity index is 1.39. The van der Waals surface area contributed by atoms with Gasteiger partial charge in [-0.05, 0) is 54.4 Å². The van der Waals surface area contributed by atoms with Crippen LogP contribution in [0.2, 0.25) is 0 Å². The first kappa shape index (κ1) is 19.3. The Hall–Kier alpha value is -3.47. The van der Waals surface area contributed by atoms with E-state index in [1.807, 2.05) is 78.9 Å². The van der Waals surface area contributed by atoms with Gasteiger partial charge in [0.1, 0.15) is 24.7 Å². The number of nitrogen functional groups attached to an aromatic ring is 1. The molecule has 0 atom stereocenters. The Labute approximate surface area is 165 Å². The average Bonchev–Trinajstić information content (AvgIpc) is 2.72. The molecule has 0 saturated carbocycles. The van der Waals surface area contributed by atoms with Gasteiger partial charge in [0.25, 0.3) is 0 Å². The summed E-state index contributed by atoms with van der Waals surface area (Å²) in [7, 11) is 0. The Morgan fingerprint density at radius 3 is 2.07 bits per heavy atom. The maximum Gasteiger partial charge on any atom is 0.224 e. The van der Waals surface area contributed by atoms with E-state index in [2.05, 4.69) is 5.32 Å². The van der Waals surface area contributed by atoms with Crippen LogP contribution in [-0.2, 0) is 11.2 Å². The van der Waals surface area contributed by atoms with Crippen molar-refractivity contribution in [2.75, 3.05) is 24.3 Å². The molecule has 0 bridgehead atoms. The number of carbonyl (C=O) groups is 1. The Morgan fingerprint density at radius 2 is 1.39 bits per heavy atom. The Bertz CT molecular complexity index is 880. The molecule has 0 fully saturated rings. The lowest BCUT2D eigenvalue weighted by molar-refractivity contribution is -0.116. The van der Waals surface area contributed by atoms with E-state index in [0.717, 1.165) is 22.7 Å². The zero-order valence-electron chi connectivity index (χ0n) is 15.6. The molecule has 0 aliphatic carbocycles. The summed E-state index contributed by atoms with van der Waals surface area (Å²) in [6, 6.07) is 24.5. The van der Waals surface area contributed by atoms with Crippen LogP contribution >= 0.6 is 0 Å². The van der Waals surface area contributed by atoms with Crippen LogP contribution in [0.15, 0.2) is 78.9 Å². The highest BCUT2D eigenvalue weighted by atomic mass is 16.5. The first-order chi connectivity index (χ1) is 13.7. The molecule has 0 heterocycles. The molecule has 0 radical (unpaired) electrons. The monoisotopic (exact) mass is 376 g/mol. The van der Waals surface area contributed by atoms with Crippen molar-refractivity contribution in [1.82, 2.24) is 0 Å². The van der Waals surface area contributed by atoms with E-state index in [0.29, 0.717) is 31.7 Å². The van der Waals surface area contributed by atoms with E-state index in [9.17, 15) is 4.79 Å². The van der Waals surface area contributed by atoms with E-state index >= 15 is 0 Å². The molecule has 0 aromatic heterocycles. The predicted octanol–water partition coefficient (Wildman–Crippen LogP) is 4.30. The van der Waals surface area contributed by atoms with Crippen LogP contribution in [0.4, 0.5) is 11.4 Å². The van der Waals surface area contributed by atoms with Gasteiger partial charge in [-0.2, -0.15) is 0 Å². The van der Waals surface area contributed by atoms with Gasteiger partial charge in [-0.15, -0.1) is 0 Å². The third-order valence-corrected chi connectivity index (χ3v) is 4.18. The van der Waals surface area contributed by atoms with E-state index in [1.165, 1.54) is 0 Å². The lowest BCUT2D eigenvalue weighted by Gasteiger charge is -2.10. The summed E-state index contributed by atoms with van der Waals surface area (Å²) in [5, 5.41) is 2.89. The summed E-state index contributed by atoms with van der Waals surface area (Å²) in [5.74, 6) is 1.50. The quantitative estimate of drug-likeness (QED) is 0.431. The number of hydrogen-bond acceptors (Lipinski definition) is 4. The molecule has 3 aromatic carbocycles. The van der Waals surface area contributed by atoms with Crippen molar-refractivity contribution in [3.05, 3.63) is 84.4 Å². The number of para-hydroxylation sites is 2. The third-order valence-electron chi connectivity index (χ3n) is 4.18. The first-order valence-electron chi connectivity index (χ1n) is 9.24. The zero-order chi connectivity index (χ0) is 19.6. The van der Waals surface area contributed by atoms with Crippen LogP contribution < -0.4 is 20.5 Å². The van der Waals surface area contributed by atoms with Gasteiger partial charge in [0, 0.05) is 17.8 Å². The molecule has 0 unspecified atom stereocenters. The molecular formula is C23H24N2O3. The molecule has 0 aliphatic heterocycles. The first-order valence-corrected chi connectivity index (χ1v) is 9.24. The van der Waals surface area contributed by atoms with Gasteiger partial charge in [-0.25, -0.2) is 0 Å². The second kappa shape index (κ2) is 10.0. The average molecular weight is 376 g/mol. The molecule has 28 heavy (non-hydrogen) atoms. The minimum atomic E-state index is -0.0480. The van der Waals surface area contributed by atoms with Crippen LogP contribution in [0.3, 0.4) is 0 Å². The summed E-state index contributed by atoms with van der Waals surface area (Å²) in [4.78, 5) is 12.1. The standard InChI is InChI=1S/C23H24N2O3/c24-22-9-5-4-6-18(22)10-15-23(26)25-19-11-13-21(14-12-19)28-17-16-27-20-7-2-1-3-8-20/h1-9,11-14H,10,15-17,24H2,(H,25,26). The predicted molar refractivity (Wildman–Crippen MR) is 112 cm³/mol. The van der Waals surface area contributed by atoms with Crippen LogP contribution in [0, 0.1) is 0 Å². The number of nitrogens with one attached hydrogen (secondary N) is 1. The lowest BCUT2D eigenvalue weighted by Crippen LogP contribution is -2.13. The van der Waals surface area contributed by atoms with Gasteiger partial charge < -0.3 is 20.5 Å².